The van der Waals surface area contributed by atoms with Crippen LogP contribution in [0.15, 0.2) is 71.1 Å². The van der Waals surface area contributed by atoms with Crippen molar-refractivity contribution in [1.29, 1.82) is 0 Å². The smallest absolute Gasteiger partial charge is 0.177 e. The van der Waals surface area contributed by atoms with Crippen molar-refractivity contribution in [2.45, 2.75) is 6.61 Å². The molecule has 0 spiro atoms. The first-order valence-electron chi connectivity index (χ1n) is 7.43. The van der Waals surface area contributed by atoms with E-state index in [1.165, 1.54) is 0 Å². The van der Waals surface area contributed by atoms with Crippen molar-refractivity contribution in [1.82, 2.24) is 0 Å². The summed E-state index contributed by atoms with van der Waals surface area (Å²) in [6, 6.07) is 21.2. The summed E-state index contributed by atoms with van der Waals surface area (Å²) in [4.78, 5) is 11.4. The summed E-state index contributed by atoms with van der Waals surface area (Å²) >= 11 is 0. The monoisotopic (exact) mass is 302 g/mol. The zero-order valence-electron chi connectivity index (χ0n) is 12.4. The third-order valence-corrected chi connectivity index (χ3v) is 3.89. The van der Waals surface area contributed by atoms with E-state index in [0.29, 0.717) is 23.5 Å². The second-order valence-corrected chi connectivity index (χ2v) is 5.35. The minimum Gasteiger partial charge on any atom is -0.485 e. The first-order chi connectivity index (χ1) is 11.4. The number of rotatable bonds is 4. The number of benzene rings is 3. The largest absolute Gasteiger partial charge is 0.485 e. The molecule has 0 unspecified atom stereocenters. The van der Waals surface area contributed by atoms with Crippen LogP contribution in [0.25, 0.3) is 21.9 Å². The summed E-state index contributed by atoms with van der Waals surface area (Å²) in [6.07, 6.45) is 0.852. The summed E-state index contributed by atoms with van der Waals surface area (Å²) in [7, 11) is 0. The average Bonchev–Trinajstić information content (AvgIpc) is 3.00. The molecule has 0 saturated heterocycles. The summed E-state index contributed by atoms with van der Waals surface area (Å²) in [5.41, 5.74) is 3.06. The highest BCUT2D eigenvalue weighted by atomic mass is 16.5. The first kappa shape index (κ1) is 13.6. The van der Waals surface area contributed by atoms with Gasteiger partial charge in [-0.2, -0.15) is 0 Å². The summed E-state index contributed by atoms with van der Waals surface area (Å²) in [5.74, 6) is 0.644. The lowest BCUT2D eigenvalue weighted by molar-refractivity contribution is 0.112. The van der Waals surface area contributed by atoms with E-state index >= 15 is 0 Å². The van der Waals surface area contributed by atoms with Gasteiger partial charge >= 0.3 is 0 Å². The lowest BCUT2D eigenvalue weighted by Gasteiger charge is -2.07. The molecule has 0 atom stereocenters. The highest BCUT2D eigenvalue weighted by Crippen LogP contribution is 2.36. The van der Waals surface area contributed by atoms with Crippen molar-refractivity contribution < 1.29 is 13.9 Å². The second kappa shape index (κ2) is 5.61. The Morgan fingerprint density at radius 2 is 1.70 bits per heavy atom. The van der Waals surface area contributed by atoms with Crippen molar-refractivity contribution >= 4 is 28.2 Å². The fraction of sp³-hybridized carbons (Fsp3) is 0.0500. The molecule has 0 aliphatic heterocycles. The fourth-order valence-corrected chi connectivity index (χ4v) is 2.78. The Morgan fingerprint density at radius 1 is 0.913 bits per heavy atom. The molecule has 0 N–H and O–H groups in total. The zero-order chi connectivity index (χ0) is 15.6. The highest BCUT2D eigenvalue weighted by molar-refractivity contribution is 6.13. The van der Waals surface area contributed by atoms with Gasteiger partial charge in [0.25, 0.3) is 0 Å². The molecule has 1 heterocycles. The fourth-order valence-electron chi connectivity index (χ4n) is 2.78. The third-order valence-electron chi connectivity index (χ3n) is 3.89. The van der Waals surface area contributed by atoms with Gasteiger partial charge in [0.05, 0.1) is 0 Å². The third kappa shape index (κ3) is 2.36. The molecule has 0 saturated carbocycles. The van der Waals surface area contributed by atoms with Crippen LogP contribution in [-0.2, 0) is 6.61 Å². The predicted octanol–water partition coefficient (Wildman–Crippen LogP) is 4.98. The molecule has 0 amide bonds. The lowest BCUT2D eigenvalue weighted by Crippen LogP contribution is -1.96. The van der Waals surface area contributed by atoms with Crippen LogP contribution in [0.1, 0.15) is 15.9 Å². The Balaban J connectivity index is 1.82. The molecule has 23 heavy (non-hydrogen) atoms. The Labute approximate surface area is 133 Å². The van der Waals surface area contributed by atoms with E-state index in [9.17, 15) is 4.79 Å². The maximum Gasteiger partial charge on any atom is 0.177 e. The normalized spacial score (nSPS) is 11.0. The van der Waals surface area contributed by atoms with E-state index < -0.39 is 0 Å². The molecule has 0 fully saturated rings. The van der Waals surface area contributed by atoms with Crippen molar-refractivity contribution in [3.8, 4) is 5.75 Å². The molecule has 3 aromatic carbocycles. The van der Waals surface area contributed by atoms with Crippen LogP contribution < -0.4 is 4.74 Å². The molecule has 0 radical (unpaired) electrons. The van der Waals surface area contributed by atoms with E-state index in [2.05, 4.69) is 0 Å². The lowest BCUT2D eigenvalue weighted by atomic mass is 10.1. The van der Waals surface area contributed by atoms with E-state index in [0.717, 1.165) is 28.2 Å². The standard InChI is InChI=1S/C20H14O3/c21-12-15-10-11-18(22-13-14-6-2-1-3-7-14)20-19(15)16-8-4-5-9-17(16)23-20/h1-12H,13H2. The van der Waals surface area contributed by atoms with Gasteiger partial charge in [0.15, 0.2) is 17.6 Å². The van der Waals surface area contributed by atoms with E-state index in [1.54, 1.807) is 12.1 Å². The van der Waals surface area contributed by atoms with E-state index in [-0.39, 0.29) is 0 Å². The molecule has 112 valence electrons. The van der Waals surface area contributed by atoms with Crippen molar-refractivity contribution in [2.24, 2.45) is 0 Å². The van der Waals surface area contributed by atoms with Crippen LogP contribution in [0.4, 0.5) is 0 Å². The SMILES string of the molecule is O=Cc1ccc(OCc2ccccc2)c2oc3ccccc3c12. The molecule has 4 aromatic rings. The average molecular weight is 302 g/mol. The molecule has 3 nitrogen and oxygen atoms in total. The number of carbonyl (C=O) groups excluding carboxylic acids is 1. The molecule has 1 aromatic heterocycles. The van der Waals surface area contributed by atoms with Gasteiger partial charge in [-0.15, -0.1) is 0 Å². The van der Waals surface area contributed by atoms with Crippen molar-refractivity contribution in [3.05, 3.63) is 77.9 Å². The van der Waals surface area contributed by atoms with Crippen molar-refractivity contribution in [3.63, 3.8) is 0 Å². The van der Waals surface area contributed by atoms with Gasteiger partial charge in [0.2, 0.25) is 0 Å². The zero-order valence-corrected chi connectivity index (χ0v) is 12.4. The number of fused-ring (bicyclic) bond motifs is 3. The Kier molecular flexibility index (Phi) is 3.31. The number of hydrogen-bond acceptors (Lipinski definition) is 3. The van der Waals surface area contributed by atoms with Gasteiger partial charge in [-0.1, -0.05) is 48.5 Å². The maximum atomic E-state index is 11.4. The van der Waals surface area contributed by atoms with Crippen LogP contribution in [0, 0.1) is 0 Å². The van der Waals surface area contributed by atoms with Gasteiger partial charge in [-0.25, -0.2) is 0 Å². The van der Waals surface area contributed by atoms with E-state index in [1.807, 2.05) is 54.6 Å². The maximum absolute atomic E-state index is 11.4. The minimum atomic E-state index is 0.452. The molecular weight excluding hydrogens is 288 g/mol. The van der Waals surface area contributed by atoms with Gasteiger partial charge in [-0.3, -0.25) is 4.79 Å². The van der Waals surface area contributed by atoms with Gasteiger partial charge in [-0.05, 0) is 23.8 Å². The van der Waals surface area contributed by atoms with Crippen molar-refractivity contribution in [2.75, 3.05) is 0 Å². The van der Waals surface area contributed by atoms with Crippen LogP contribution in [0.5, 0.6) is 5.75 Å². The first-order valence-corrected chi connectivity index (χ1v) is 7.43. The molecular formula is C20H14O3. The van der Waals surface area contributed by atoms with Crippen LogP contribution in [0.3, 0.4) is 0 Å². The Hall–Kier alpha value is -3.07. The highest BCUT2D eigenvalue weighted by Gasteiger charge is 2.15. The summed E-state index contributed by atoms with van der Waals surface area (Å²) in [6.45, 7) is 0.452. The predicted molar refractivity (Wildman–Crippen MR) is 89.9 cm³/mol. The number of carbonyl (C=O) groups is 1. The number of aldehydes is 1. The number of ether oxygens (including phenoxy) is 1. The summed E-state index contributed by atoms with van der Waals surface area (Å²) < 4.78 is 11.9. The number of furan rings is 1. The summed E-state index contributed by atoms with van der Waals surface area (Å²) in [5, 5.41) is 1.73. The quantitative estimate of drug-likeness (QED) is 0.499. The van der Waals surface area contributed by atoms with Gasteiger partial charge in [0.1, 0.15) is 12.2 Å². The molecule has 4 rings (SSSR count). The topological polar surface area (TPSA) is 39.4 Å². The van der Waals surface area contributed by atoms with E-state index in [4.69, 9.17) is 9.15 Å². The molecule has 0 aliphatic carbocycles. The molecule has 3 heteroatoms. The Morgan fingerprint density at radius 3 is 2.52 bits per heavy atom. The van der Waals surface area contributed by atoms with Crippen LogP contribution in [0.2, 0.25) is 0 Å². The number of para-hydroxylation sites is 1. The van der Waals surface area contributed by atoms with Crippen LogP contribution >= 0.6 is 0 Å². The van der Waals surface area contributed by atoms with Gasteiger partial charge < -0.3 is 9.15 Å². The molecule has 0 aliphatic rings. The van der Waals surface area contributed by atoms with Crippen LogP contribution in [-0.4, -0.2) is 6.29 Å². The number of hydrogen-bond donors (Lipinski definition) is 0. The second-order valence-electron chi connectivity index (χ2n) is 5.35. The molecule has 0 bridgehead atoms. The minimum absolute atomic E-state index is 0.452. The Bertz CT molecular complexity index is 984. The van der Waals surface area contributed by atoms with Gasteiger partial charge in [0, 0.05) is 16.3 Å².